The molecule has 128 valence electrons. The summed E-state index contributed by atoms with van der Waals surface area (Å²) in [5.41, 5.74) is 2.14. The summed E-state index contributed by atoms with van der Waals surface area (Å²) in [6, 6.07) is 5.77. The van der Waals surface area contributed by atoms with Crippen molar-refractivity contribution in [3.05, 3.63) is 46.3 Å². The SMILES string of the molecule is CCCN(CCC)c1cnc(C(=O)Nc2ccc(C)cc2Br)cn1. The van der Waals surface area contributed by atoms with Gasteiger partial charge in [-0.15, -0.1) is 0 Å². The maximum Gasteiger partial charge on any atom is 0.275 e. The number of aromatic nitrogens is 2. The van der Waals surface area contributed by atoms with E-state index in [0.29, 0.717) is 5.69 Å². The second kappa shape index (κ2) is 8.78. The Balaban J connectivity index is 2.10. The normalized spacial score (nSPS) is 10.5. The number of nitrogens with zero attached hydrogens (tertiary/aromatic N) is 3. The number of carbonyl (C=O) groups excluding carboxylic acids is 1. The highest BCUT2D eigenvalue weighted by Gasteiger charge is 2.12. The molecule has 24 heavy (non-hydrogen) atoms. The number of hydrogen-bond acceptors (Lipinski definition) is 4. The third kappa shape index (κ3) is 4.77. The molecule has 6 heteroatoms. The van der Waals surface area contributed by atoms with Crippen LogP contribution >= 0.6 is 15.9 Å². The van der Waals surface area contributed by atoms with Crippen LogP contribution < -0.4 is 10.2 Å². The number of nitrogens with one attached hydrogen (secondary N) is 1. The summed E-state index contributed by atoms with van der Waals surface area (Å²) < 4.78 is 0.845. The molecule has 2 aromatic rings. The molecule has 0 saturated heterocycles. The minimum Gasteiger partial charge on any atom is -0.355 e. The summed E-state index contributed by atoms with van der Waals surface area (Å²) in [5.74, 6) is 0.544. The lowest BCUT2D eigenvalue weighted by molar-refractivity contribution is 0.102. The first-order valence-electron chi connectivity index (χ1n) is 8.19. The van der Waals surface area contributed by atoms with Gasteiger partial charge >= 0.3 is 0 Å². The lowest BCUT2D eigenvalue weighted by atomic mass is 10.2. The van der Waals surface area contributed by atoms with E-state index in [4.69, 9.17) is 0 Å². The van der Waals surface area contributed by atoms with E-state index in [2.05, 4.69) is 50.0 Å². The Morgan fingerprint density at radius 3 is 2.42 bits per heavy atom. The van der Waals surface area contributed by atoms with Crippen LogP contribution in [0.3, 0.4) is 0 Å². The average Bonchev–Trinajstić information content (AvgIpc) is 2.57. The molecule has 1 N–H and O–H groups in total. The molecule has 2 rings (SSSR count). The Morgan fingerprint density at radius 1 is 1.17 bits per heavy atom. The number of halogens is 1. The molecule has 0 aliphatic rings. The third-order valence-corrected chi connectivity index (χ3v) is 4.21. The van der Waals surface area contributed by atoms with Crippen molar-refractivity contribution >= 4 is 33.3 Å². The molecular weight excluding hydrogens is 368 g/mol. The van der Waals surface area contributed by atoms with Gasteiger partial charge in [-0.2, -0.15) is 0 Å². The van der Waals surface area contributed by atoms with Gasteiger partial charge in [0.2, 0.25) is 0 Å². The van der Waals surface area contributed by atoms with E-state index >= 15 is 0 Å². The summed E-state index contributed by atoms with van der Waals surface area (Å²) in [5, 5.41) is 2.85. The maximum atomic E-state index is 12.3. The van der Waals surface area contributed by atoms with Gasteiger partial charge in [0.05, 0.1) is 18.1 Å². The van der Waals surface area contributed by atoms with Crippen LogP contribution in [0.15, 0.2) is 35.1 Å². The lowest BCUT2D eigenvalue weighted by Crippen LogP contribution is -2.26. The van der Waals surface area contributed by atoms with Crippen LogP contribution in [-0.2, 0) is 0 Å². The molecule has 0 aliphatic carbocycles. The summed E-state index contributed by atoms with van der Waals surface area (Å²) in [7, 11) is 0. The molecule has 0 saturated carbocycles. The number of benzene rings is 1. The van der Waals surface area contributed by atoms with Crippen molar-refractivity contribution in [3.8, 4) is 0 Å². The average molecular weight is 391 g/mol. The molecule has 0 unspecified atom stereocenters. The highest BCUT2D eigenvalue weighted by Crippen LogP contribution is 2.23. The monoisotopic (exact) mass is 390 g/mol. The van der Waals surface area contributed by atoms with Crippen molar-refractivity contribution in [2.45, 2.75) is 33.6 Å². The Labute approximate surface area is 151 Å². The Hall–Kier alpha value is -1.95. The van der Waals surface area contributed by atoms with Gasteiger partial charge in [-0.1, -0.05) is 19.9 Å². The first-order chi connectivity index (χ1) is 11.5. The second-order valence-corrected chi connectivity index (χ2v) is 6.54. The van der Waals surface area contributed by atoms with E-state index < -0.39 is 0 Å². The standard InChI is InChI=1S/C18H23BrN4O/c1-4-8-23(9-5-2)17-12-20-16(11-21-17)18(24)22-15-7-6-13(3)10-14(15)19/h6-7,10-12H,4-5,8-9H2,1-3H3,(H,22,24). The Kier molecular flexibility index (Phi) is 6.73. The molecule has 1 amide bonds. The van der Waals surface area contributed by atoms with Crippen molar-refractivity contribution in [2.75, 3.05) is 23.3 Å². The summed E-state index contributed by atoms with van der Waals surface area (Å²) in [6.45, 7) is 8.14. The van der Waals surface area contributed by atoms with Gasteiger partial charge in [0, 0.05) is 17.6 Å². The van der Waals surface area contributed by atoms with Crippen molar-refractivity contribution < 1.29 is 4.79 Å². The van der Waals surface area contributed by atoms with Crippen LogP contribution in [0.2, 0.25) is 0 Å². The van der Waals surface area contributed by atoms with E-state index in [0.717, 1.165) is 47.5 Å². The first kappa shape index (κ1) is 18.4. The van der Waals surface area contributed by atoms with Crippen molar-refractivity contribution in [3.63, 3.8) is 0 Å². The van der Waals surface area contributed by atoms with Crippen LogP contribution in [0.4, 0.5) is 11.5 Å². The molecule has 0 bridgehead atoms. The minimum atomic E-state index is -0.267. The molecule has 0 radical (unpaired) electrons. The van der Waals surface area contributed by atoms with Gasteiger partial charge in [-0.25, -0.2) is 9.97 Å². The van der Waals surface area contributed by atoms with Crippen LogP contribution in [0, 0.1) is 6.92 Å². The zero-order valence-electron chi connectivity index (χ0n) is 14.3. The summed E-state index contributed by atoms with van der Waals surface area (Å²) in [4.78, 5) is 23.2. The number of anilines is 2. The van der Waals surface area contributed by atoms with Gasteiger partial charge in [-0.05, 0) is 53.4 Å². The smallest absolute Gasteiger partial charge is 0.275 e. The quantitative estimate of drug-likeness (QED) is 0.759. The van der Waals surface area contributed by atoms with E-state index in [-0.39, 0.29) is 5.91 Å². The molecule has 5 nitrogen and oxygen atoms in total. The third-order valence-electron chi connectivity index (χ3n) is 3.55. The van der Waals surface area contributed by atoms with Gasteiger partial charge in [0.25, 0.3) is 5.91 Å². The van der Waals surface area contributed by atoms with Crippen LogP contribution in [-0.4, -0.2) is 29.0 Å². The highest BCUT2D eigenvalue weighted by atomic mass is 79.9. The molecule has 0 aliphatic heterocycles. The Bertz CT molecular complexity index is 682. The minimum absolute atomic E-state index is 0.267. The number of carbonyl (C=O) groups is 1. The fraction of sp³-hybridized carbons (Fsp3) is 0.389. The molecular formula is C18H23BrN4O. The van der Waals surface area contributed by atoms with Gasteiger partial charge < -0.3 is 10.2 Å². The van der Waals surface area contributed by atoms with Gasteiger partial charge in [-0.3, -0.25) is 4.79 Å². The predicted molar refractivity (Wildman–Crippen MR) is 102 cm³/mol. The van der Waals surface area contributed by atoms with E-state index in [1.165, 1.54) is 6.20 Å². The molecule has 0 spiro atoms. The number of hydrogen-bond donors (Lipinski definition) is 1. The zero-order chi connectivity index (χ0) is 17.5. The summed E-state index contributed by atoms with van der Waals surface area (Å²) in [6.07, 6.45) is 5.30. The van der Waals surface area contributed by atoms with Gasteiger partial charge in [0.1, 0.15) is 11.5 Å². The first-order valence-corrected chi connectivity index (χ1v) is 8.99. The predicted octanol–water partition coefficient (Wildman–Crippen LogP) is 4.43. The topological polar surface area (TPSA) is 58.1 Å². The second-order valence-electron chi connectivity index (χ2n) is 5.68. The van der Waals surface area contributed by atoms with E-state index in [1.54, 1.807) is 6.20 Å². The number of rotatable bonds is 7. The van der Waals surface area contributed by atoms with E-state index in [1.807, 2.05) is 25.1 Å². The van der Waals surface area contributed by atoms with Crippen LogP contribution in [0.25, 0.3) is 0 Å². The maximum absolute atomic E-state index is 12.3. The highest BCUT2D eigenvalue weighted by molar-refractivity contribution is 9.10. The number of amides is 1. The molecule has 1 aromatic carbocycles. The van der Waals surface area contributed by atoms with Crippen LogP contribution in [0.5, 0.6) is 0 Å². The Morgan fingerprint density at radius 2 is 1.88 bits per heavy atom. The zero-order valence-corrected chi connectivity index (χ0v) is 15.9. The lowest BCUT2D eigenvalue weighted by Gasteiger charge is -2.22. The fourth-order valence-corrected chi connectivity index (χ4v) is 2.98. The largest absolute Gasteiger partial charge is 0.355 e. The van der Waals surface area contributed by atoms with Crippen LogP contribution in [0.1, 0.15) is 42.7 Å². The fourth-order valence-electron chi connectivity index (χ4n) is 2.39. The molecule has 1 heterocycles. The summed E-state index contributed by atoms with van der Waals surface area (Å²) >= 11 is 3.46. The van der Waals surface area contributed by atoms with Gasteiger partial charge in [0.15, 0.2) is 0 Å². The van der Waals surface area contributed by atoms with Crippen molar-refractivity contribution in [2.24, 2.45) is 0 Å². The van der Waals surface area contributed by atoms with Crippen molar-refractivity contribution in [1.29, 1.82) is 0 Å². The van der Waals surface area contributed by atoms with Crippen molar-refractivity contribution in [1.82, 2.24) is 9.97 Å². The molecule has 0 atom stereocenters. The number of aryl methyl sites for hydroxylation is 1. The molecule has 1 aromatic heterocycles. The molecule has 0 fully saturated rings. The van der Waals surface area contributed by atoms with E-state index in [9.17, 15) is 4.79 Å².